The average Bonchev–Trinajstić information content (AvgIpc) is 3.41. The molecule has 0 bridgehead atoms. The maximum atomic E-state index is 13.6. The first-order valence-corrected chi connectivity index (χ1v) is 12.2. The molecule has 3 aromatic rings. The van der Waals surface area contributed by atoms with Gasteiger partial charge in [0.1, 0.15) is 11.8 Å². The molecule has 0 saturated heterocycles. The molecule has 0 spiro atoms. The number of allylic oxidation sites excluding steroid dienone is 1. The van der Waals surface area contributed by atoms with Crippen LogP contribution in [0.25, 0.3) is 6.08 Å². The van der Waals surface area contributed by atoms with Crippen molar-refractivity contribution in [3.8, 4) is 5.75 Å². The Morgan fingerprint density at radius 2 is 2.06 bits per heavy atom. The molecule has 1 aliphatic rings. The monoisotopic (exact) mass is 468 g/mol. The molecule has 0 amide bonds. The summed E-state index contributed by atoms with van der Waals surface area (Å²) in [5.41, 5.74) is 2.56. The van der Waals surface area contributed by atoms with Crippen molar-refractivity contribution in [2.45, 2.75) is 32.7 Å². The first-order chi connectivity index (χ1) is 15.6. The van der Waals surface area contributed by atoms with Crippen LogP contribution in [0.4, 0.5) is 0 Å². The Balaban J connectivity index is 2.04. The van der Waals surface area contributed by atoms with E-state index >= 15 is 0 Å². The Hall–Kier alpha value is -2.97. The normalized spacial score (nSPS) is 16.0. The molecule has 0 N–H and O–H groups in total. The third kappa shape index (κ3) is 4.08. The minimum Gasteiger partial charge on any atom is -0.496 e. The third-order valence-corrected chi connectivity index (χ3v) is 6.85. The van der Waals surface area contributed by atoms with Crippen LogP contribution >= 0.6 is 22.7 Å². The largest absolute Gasteiger partial charge is 0.496 e. The van der Waals surface area contributed by atoms with Gasteiger partial charge in [0.2, 0.25) is 0 Å². The fourth-order valence-electron chi connectivity index (χ4n) is 3.82. The van der Waals surface area contributed by atoms with Crippen LogP contribution in [0.3, 0.4) is 0 Å². The topological polar surface area (TPSA) is 69.9 Å². The number of benzene rings is 1. The van der Waals surface area contributed by atoms with E-state index in [0.717, 1.165) is 17.5 Å². The van der Waals surface area contributed by atoms with E-state index in [1.807, 2.05) is 54.1 Å². The predicted octanol–water partition coefficient (Wildman–Crippen LogP) is 3.65. The number of ether oxygens (including phenoxy) is 2. The van der Waals surface area contributed by atoms with Gasteiger partial charge in [-0.2, -0.15) is 11.3 Å². The summed E-state index contributed by atoms with van der Waals surface area (Å²) in [6.45, 7) is 4.05. The SMILES string of the molecule is CCCC1=C(C(=O)OCC)C(c2ccccc2OC)n2c(s/c(=C/c3ccsc3)c2=O)=N1. The predicted molar refractivity (Wildman–Crippen MR) is 127 cm³/mol. The Morgan fingerprint density at radius 3 is 2.75 bits per heavy atom. The van der Waals surface area contributed by atoms with E-state index in [1.165, 1.54) is 11.3 Å². The molecule has 1 atom stereocenters. The lowest BCUT2D eigenvalue weighted by atomic mass is 9.93. The molecule has 3 heterocycles. The summed E-state index contributed by atoms with van der Waals surface area (Å²) >= 11 is 2.91. The lowest BCUT2D eigenvalue weighted by Gasteiger charge is -2.26. The van der Waals surface area contributed by atoms with Crippen LogP contribution in [0.15, 0.2) is 62.1 Å². The molecule has 1 aromatic carbocycles. The molecule has 8 heteroatoms. The zero-order chi connectivity index (χ0) is 22.7. The number of esters is 1. The van der Waals surface area contributed by atoms with Crippen LogP contribution in [0.5, 0.6) is 5.75 Å². The highest BCUT2D eigenvalue weighted by Gasteiger charge is 2.35. The summed E-state index contributed by atoms with van der Waals surface area (Å²) in [6.07, 6.45) is 3.28. The van der Waals surface area contributed by atoms with Crippen LogP contribution in [-0.4, -0.2) is 24.3 Å². The van der Waals surface area contributed by atoms with Gasteiger partial charge in [-0.25, -0.2) is 9.79 Å². The van der Waals surface area contributed by atoms with Crippen molar-refractivity contribution in [1.82, 2.24) is 4.57 Å². The van der Waals surface area contributed by atoms with E-state index in [9.17, 15) is 9.59 Å². The van der Waals surface area contributed by atoms with Crippen molar-refractivity contribution in [2.24, 2.45) is 4.99 Å². The number of para-hydroxylation sites is 1. The van der Waals surface area contributed by atoms with E-state index in [2.05, 4.69) is 0 Å². The number of hydrogen-bond acceptors (Lipinski definition) is 7. The highest BCUT2D eigenvalue weighted by atomic mass is 32.1. The lowest BCUT2D eigenvalue weighted by Crippen LogP contribution is -2.40. The van der Waals surface area contributed by atoms with Gasteiger partial charge in [0.15, 0.2) is 4.80 Å². The third-order valence-electron chi connectivity index (χ3n) is 5.17. The average molecular weight is 469 g/mol. The quantitative estimate of drug-likeness (QED) is 0.497. The minimum absolute atomic E-state index is 0.187. The second-order valence-electron chi connectivity index (χ2n) is 7.21. The van der Waals surface area contributed by atoms with Gasteiger partial charge in [-0.15, -0.1) is 0 Å². The molecular formula is C24H24N2O4S2. The number of methoxy groups -OCH3 is 1. The van der Waals surface area contributed by atoms with Crippen LogP contribution < -0.4 is 19.6 Å². The number of fused-ring (bicyclic) bond motifs is 1. The first-order valence-electron chi connectivity index (χ1n) is 10.5. The van der Waals surface area contributed by atoms with Gasteiger partial charge in [0.05, 0.1) is 29.5 Å². The molecule has 0 fully saturated rings. The second-order valence-corrected chi connectivity index (χ2v) is 9.00. The molecule has 166 valence electrons. The maximum absolute atomic E-state index is 13.6. The van der Waals surface area contributed by atoms with Crippen LogP contribution in [-0.2, 0) is 9.53 Å². The summed E-state index contributed by atoms with van der Waals surface area (Å²) < 4.78 is 13.2. The first kappa shape index (κ1) is 22.2. The number of rotatable bonds is 7. The Bertz CT molecular complexity index is 1330. The van der Waals surface area contributed by atoms with Crippen LogP contribution in [0.1, 0.15) is 43.9 Å². The van der Waals surface area contributed by atoms with Crippen molar-refractivity contribution in [3.05, 3.63) is 83.2 Å². The summed E-state index contributed by atoms with van der Waals surface area (Å²) in [5, 5.41) is 3.96. The fourth-order valence-corrected chi connectivity index (χ4v) is 5.45. The van der Waals surface area contributed by atoms with Crippen molar-refractivity contribution in [1.29, 1.82) is 0 Å². The number of thiazole rings is 1. The van der Waals surface area contributed by atoms with Gasteiger partial charge >= 0.3 is 5.97 Å². The van der Waals surface area contributed by atoms with E-state index < -0.39 is 12.0 Å². The van der Waals surface area contributed by atoms with Crippen molar-refractivity contribution < 1.29 is 14.3 Å². The summed E-state index contributed by atoms with van der Waals surface area (Å²) in [5.74, 6) is 0.146. The van der Waals surface area contributed by atoms with Crippen molar-refractivity contribution in [2.75, 3.05) is 13.7 Å². The van der Waals surface area contributed by atoms with Gasteiger partial charge in [-0.3, -0.25) is 9.36 Å². The molecule has 4 rings (SSSR count). The Kier molecular flexibility index (Phi) is 6.72. The number of hydrogen-bond donors (Lipinski definition) is 0. The van der Waals surface area contributed by atoms with Crippen molar-refractivity contribution >= 4 is 34.7 Å². The molecule has 1 aliphatic heterocycles. The van der Waals surface area contributed by atoms with E-state index in [0.29, 0.717) is 32.8 Å². The summed E-state index contributed by atoms with van der Waals surface area (Å²) in [7, 11) is 1.58. The highest BCUT2D eigenvalue weighted by molar-refractivity contribution is 7.08. The van der Waals surface area contributed by atoms with Gasteiger partial charge < -0.3 is 9.47 Å². The van der Waals surface area contributed by atoms with Gasteiger partial charge in [0.25, 0.3) is 5.56 Å². The zero-order valence-electron chi connectivity index (χ0n) is 18.2. The van der Waals surface area contributed by atoms with Gasteiger partial charge in [0, 0.05) is 5.56 Å². The Morgan fingerprint density at radius 1 is 1.25 bits per heavy atom. The number of nitrogens with zero attached hydrogens (tertiary/aromatic N) is 2. The number of carbonyl (C=O) groups excluding carboxylic acids is 1. The molecule has 2 aromatic heterocycles. The lowest BCUT2D eigenvalue weighted by molar-refractivity contribution is -0.139. The van der Waals surface area contributed by atoms with Gasteiger partial charge in [-0.05, 0) is 47.9 Å². The molecule has 1 unspecified atom stereocenters. The van der Waals surface area contributed by atoms with Crippen molar-refractivity contribution in [3.63, 3.8) is 0 Å². The van der Waals surface area contributed by atoms with E-state index in [1.54, 1.807) is 29.9 Å². The van der Waals surface area contributed by atoms with E-state index in [4.69, 9.17) is 14.5 Å². The molecule has 0 aliphatic carbocycles. The molecule has 6 nitrogen and oxygen atoms in total. The van der Waals surface area contributed by atoms with E-state index in [-0.39, 0.29) is 12.2 Å². The molecule has 0 saturated carbocycles. The van der Waals surface area contributed by atoms with Crippen LogP contribution in [0, 0.1) is 0 Å². The number of thiophene rings is 1. The van der Waals surface area contributed by atoms with Crippen LogP contribution in [0.2, 0.25) is 0 Å². The Labute approximate surface area is 193 Å². The summed E-state index contributed by atoms with van der Waals surface area (Å²) in [4.78, 5) is 32.1. The van der Waals surface area contributed by atoms with Gasteiger partial charge in [-0.1, -0.05) is 42.9 Å². The minimum atomic E-state index is -0.673. The highest BCUT2D eigenvalue weighted by Crippen LogP contribution is 2.36. The molecule has 0 radical (unpaired) electrons. The molecular weight excluding hydrogens is 444 g/mol. The fraction of sp³-hybridized carbons (Fsp3) is 0.292. The number of carbonyl (C=O) groups is 1. The summed E-state index contributed by atoms with van der Waals surface area (Å²) in [6, 6.07) is 8.75. The maximum Gasteiger partial charge on any atom is 0.338 e. The second kappa shape index (κ2) is 9.67. The smallest absolute Gasteiger partial charge is 0.338 e. The molecule has 32 heavy (non-hydrogen) atoms. The standard InChI is InChI=1S/C24H24N2O4S2/c1-4-8-17-20(23(28)30-5-2)21(16-9-6-7-10-18(16)29-3)26-22(27)19(32-24(26)25-17)13-15-11-12-31-14-15/h6-7,9-14,21H,4-5,8H2,1-3H3/b19-13+. The zero-order valence-corrected chi connectivity index (χ0v) is 19.8. The number of aromatic nitrogens is 1.